The number of hydrogen-bond donors (Lipinski definition) is 3. The minimum atomic E-state index is -4.68. The molecule has 1 aromatic rings. The number of halogens is 4. The first-order valence-electron chi connectivity index (χ1n) is 8.84. The van der Waals surface area contributed by atoms with Gasteiger partial charge < -0.3 is 25.2 Å². The fourth-order valence-corrected chi connectivity index (χ4v) is 2.99. The van der Waals surface area contributed by atoms with Gasteiger partial charge in [0, 0.05) is 38.8 Å². The third-order valence-electron chi connectivity index (χ3n) is 4.54. The van der Waals surface area contributed by atoms with Crippen LogP contribution in [0.2, 0.25) is 0 Å². The molecule has 0 aliphatic carbocycles. The minimum Gasteiger partial charge on any atom is -0.406 e. The van der Waals surface area contributed by atoms with Crippen LogP contribution in [0.5, 0.6) is 5.75 Å². The largest absolute Gasteiger partial charge is 0.573 e. The molecule has 3 N–H and O–H groups in total. The van der Waals surface area contributed by atoms with E-state index in [1.165, 1.54) is 12.1 Å². The van der Waals surface area contributed by atoms with Crippen molar-refractivity contribution in [3.05, 3.63) is 29.8 Å². The Hall–Kier alpha value is -1.27. The van der Waals surface area contributed by atoms with Crippen molar-refractivity contribution in [3.8, 4) is 5.75 Å². The molecule has 1 aliphatic heterocycles. The van der Waals surface area contributed by atoms with Gasteiger partial charge in [0.15, 0.2) is 5.96 Å². The Morgan fingerprint density at radius 2 is 2.00 bits per heavy atom. The smallest absolute Gasteiger partial charge is 0.406 e. The van der Waals surface area contributed by atoms with Gasteiger partial charge in [0.25, 0.3) is 0 Å². The molecule has 10 heteroatoms. The number of nitrogens with one attached hydrogen (secondary N) is 2. The molecule has 0 saturated carbocycles. The molecule has 1 aromatic carbocycles. The molecule has 6 nitrogen and oxygen atoms in total. The summed E-state index contributed by atoms with van der Waals surface area (Å²) in [6.45, 7) is 2.65. The van der Waals surface area contributed by atoms with E-state index >= 15 is 0 Å². The quantitative estimate of drug-likeness (QED) is 0.281. The number of alkyl halides is 3. The summed E-state index contributed by atoms with van der Waals surface area (Å²) in [5.74, 6) is 0.404. The van der Waals surface area contributed by atoms with Gasteiger partial charge in [-0.1, -0.05) is 12.1 Å². The molecule has 0 radical (unpaired) electrons. The zero-order valence-corrected chi connectivity index (χ0v) is 18.0. The number of hydrogen-bond acceptors (Lipinski definition) is 4. The number of aliphatic hydroxyl groups excluding tert-OH is 1. The second-order valence-electron chi connectivity index (χ2n) is 6.57. The lowest BCUT2D eigenvalue weighted by Crippen LogP contribution is -2.45. The molecule has 1 unspecified atom stereocenters. The van der Waals surface area contributed by atoms with Crippen molar-refractivity contribution in [1.82, 2.24) is 10.6 Å². The van der Waals surface area contributed by atoms with Crippen molar-refractivity contribution < 1.29 is 27.8 Å². The molecule has 1 heterocycles. The summed E-state index contributed by atoms with van der Waals surface area (Å²) in [5, 5.41) is 15.7. The monoisotopic (exact) mass is 517 g/mol. The average Bonchev–Trinajstić information content (AvgIpc) is 3.07. The van der Waals surface area contributed by atoms with Crippen LogP contribution in [0.4, 0.5) is 13.2 Å². The first-order valence-corrected chi connectivity index (χ1v) is 8.84. The van der Waals surface area contributed by atoms with E-state index in [0.29, 0.717) is 45.1 Å². The van der Waals surface area contributed by atoms with Crippen molar-refractivity contribution in [2.45, 2.75) is 25.6 Å². The summed E-state index contributed by atoms with van der Waals surface area (Å²) >= 11 is 0. The standard InChI is InChI=1S/C18H26F3N3O3.HI/c1-22-16(24-12-17(7-10-25)8-11-26-13-17)23-9-6-14-2-4-15(5-3-14)27-18(19,20)21;/h2-5,25H,6-13H2,1H3,(H2,22,23,24);1H. The summed E-state index contributed by atoms with van der Waals surface area (Å²) < 4.78 is 45.8. The lowest BCUT2D eigenvalue weighted by molar-refractivity contribution is -0.274. The zero-order valence-electron chi connectivity index (χ0n) is 15.7. The van der Waals surface area contributed by atoms with E-state index < -0.39 is 6.36 Å². The summed E-state index contributed by atoms with van der Waals surface area (Å²) in [6, 6.07) is 5.80. The van der Waals surface area contributed by atoms with Gasteiger partial charge in [-0.05, 0) is 37.0 Å². The second-order valence-corrected chi connectivity index (χ2v) is 6.57. The number of nitrogens with zero attached hydrogens (tertiary/aromatic N) is 1. The van der Waals surface area contributed by atoms with Gasteiger partial charge in [-0.15, -0.1) is 37.1 Å². The Bertz CT molecular complexity index is 606. The summed E-state index contributed by atoms with van der Waals surface area (Å²) in [6.07, 6.45) is -2.50. The highest BCUT2D eigenvalue weighted by Crippen LogP contribution is 2.31. The normalized spacial score (nSPS) is 19.8. The first-order chi connectivity index (χ1) is 12.9. The number of benzene rings is 1. The highest BCUT2D eigenvalue weighted by atomic mass is 127. The van der Waals surface area contributed by atoms with Crippen LogP contribution in [0.15, 0.2) is 29.3 Å². The van der Waals surface area contributed by atoms with Crippen molar-refractivity contribution in [2.75, 3.05) is 40.0 Å². The molecular formula is C18H27F3IN3O3. The lowest BCUT2D eigenvalue weighted by atomic mass is 9.84. The van der Waals surface area contributed by atoms with Gasteiger partial charge in [0.05, 0.1) is 6.61 Å². The molecule has 1 saturated heterocycles. The topological polar surface area (TPSA) is 75.1 Å². The van der Waals surface area contributed by atoms with Crippen LogP contribution in [0.3, 0.4) is 0 Å². The molecular weight excluding hydrogens is 490 g/mol. The van der Waals surface area contributed by atoms with Crippen molar-refractivity contribution in [1.29, 1.82) is 0 Å². The van der Waals surface area contributed by atoms with Crippen LogP contribution < -0.4 is 15.4 Å². The van der Waals surface area contributed by atoms with E-state index in [2.05, 4.69) is 20.4 Å². The summed E-state index contributed by atoms with van der Waals surface area (Å²) in [7, 11) is 1.67. The highest BCUT2D eigenvalue weighted by Gasteiger charge is 2.34. The molecule has 1 aliphatic rings. The van der Waals surface area contributed by atoms with Crippen LogP contribution in [0.25, 0.3) is 0 Å². The van der Waals surface area contributed by atoms with Crippen LogP contribution in [0.1, 0.15) is 18.4 Å². The van der Waals surface area contributed by atoms with Crippen molar-refractivity contribution in [3.63, 3.8) is 0 Å². The predicted octanol–water partition coefficient (Wildman–Crippen LogP) is 2.70. The van der Waals surface area contributed by atoms with Gasteiger partial charge in [0.1, 0.15) is 5.75 Å². The Kier molecular flexibility index (Phi) is 10.3. The fourth-order valence-electron chi connectivity index (χ4n) is 2.99. The van der Waals surface area contributed by atoms with Gasteiger partial charge in [-0.25, -0.2) is 0 Å². The Morgan fingerprint density at radius 3 is 2.54 bits per heavy atom. The molecule has 0 amide bonds. The SMILES string of the molecule is CN=C(NCCc1ccc(OC(F)(F)F)cc1)NCC1(CCO)CCOC1.I. The minimum absolute atomic E-state index is 0. The number of ether oxygens (including phenoxy) is 2. The fraction of sp³-hybridized carbons (Fsp3) is 0.611. The van der Waals surface area contributed by atoms with Crippen LogP contribution >= 0.6 is 24.0 Å². The highest BCUT2D eigenvalue weighted by molar-refractivity contribution is 14.0. The first kappa shape index (κ1) is 24.8. The van der Waals surface area contributed by atoms with E-state index in [4.69, 9.17) is 4.74 Å². The maximum Gasteiger partial charge on any atom is 0.573 e. The Labute approximate surface area is 179 Å². The van der Waals surface area contributed by atoms with E-state index in [-0.39, 0.29) is 41.7 Å². The number of aliphatic imine (C=N–C) groups is 1. The summed E-state index contributed by atoms with van der Waals surface area (Å²) in [5.41, 5.74) is 0.800. The van der Waals surface area contributed by atoms with E-state index in [0.717, 1.165) is 12.0 Å². The molecule has 0 bridgehead atoms. The molecule has 0 aromatic heterocycles. The zero-order chi connectivity index (χ0) is 19.8. The van der Waals surface area contributed by atoms with Gasteiger partial charge >= 0.3 is 6.36 Å². The second kappa shape index (κ2) is 11.7. The van der Waals surface area contributed by atoms with Gasteiger partial charge in [-0.3, -0.25) is 4.99 Å². The third-order valence-corrected chi connectivity index (χ3v) is 4.54. The molecule has 28 heavy (non-hydrogen) atoms. The third kappa shape index (κ3) is 8.39. The van der Waals surface area contributed by atoms with Gasteiger partial charge in [-0.2, -0.15) is 0 Å². The average molecular weight is 517 g/mol. The molecule has 2 rings (SSSR count). The molecule has 1 fully saturated rings. The number of aliphatic hydroxyl groups is 1. The maximum atomic E-state index is 12.2. The van der Waals surface area contributed by atoms with Crippen LogP contribution in [-0.4, -0.2) is 57.4 Å². The maximum absolute atomic E-state index is 12.2. The van der Waals surface area contributed by atoms with Crippen LogP contribution in [0, 0.1) is 5.41 Å². The number of guanidine groups is 1. The number of rotatable bonds is 8. The lowest BCUT2D eigenvalue weighted by Gasteiger charge is -2.27. The Morgan fingerprint density at radius 1 is 1.29 bits per heavy atom. The van der Waals surface area contributed by atoms with Crippen molar-refractivity contribution >= 4 is 29.9 Å². The van der Waals surface area contributed by atoms with E-state index in [1.54, 1.807) is 19.2 Å². The predicted molar refractivity (Wildman–Crippen MR) is 111 cm³/mol. The van der Waals surface area contributed by atoms with Crippen LogP contribution in [-0.2, 0) is 11.2 Å². The summed E-state index contributed by atoms with van der Waals surface area (Å²) in [4.78, 5) is 4.17. The molecule has 0 spiro atoms. The molecule has 1 atom stereocenters. The Balaban J connectivity index is 0.00000392. The van der Waals surface area contributed by atoms with Gasteiger partial charge in [0.2, 0.25) is 0 Å². The van der Waals surface area contributed by atoms with Crippen molar-refractivity contribution in [2.24, 2.45) is 10.4 Å². The molecule has 160 valence electrons. The van der Waals surface area contributed by atoms with E-state index in [9.17, 15) is 18.3 Å². The van der Waals surface area contributed by atoms with E-state index in [1.807, 2.05) is 0 Å².